The molecule has 5 heteroatoms. The minimum absolute atomic E-state index is 0.116. The lowest BCUT2D eigenvalue weighted by molar-refractivity contribution is -0.183. The third-order valence-electron chi connectivity index (χ3n) is 4.17. The molecule has 0 aliphatic heterocycles. The molecule has 2 nitrogen and oxygen atoms in total. The van der Waals surface area contributed by atoms with E-state index >= 15 is 0 Å². The van der Waals surface area contributed by atoms with Crippen molar-refractivity contribution in [3.05, 3.63) is 0 Å². The SMILES string of the molecule is CCC(O)(CC)CNC1CCCC(C(F)(F)F)C1. The highest BCUT2D eigenvalue weighted by Gasteiger charge is 2.42. The summed E-state index contributed by atoms with van der Waals surface area (Å²) in [5, 5.41) is 13.2. The molecule has 1 fully saturated rings. The van der Waals surface area contributed by atoms with Crippen LogP contribution in [-0.2, 0) is 0 Å². The first-order chi connectivity index (χ1) is 8.30. The summed E-state index contributed by atoms with van der Waals surface area (Å²) >= 11 is 0. The molecule has 2 unspecified atom stereocenters. The van der Waals surface area contributed by atoms with Crippen LogP contribution in [0.2, 0.25) is 0 Å². The second-order valence-electron chi connectivity index (χ2n) is 5.41. The van der Waals surface area contributed by atoms with Crippen LogP contribution in [0, 0.1) is 5.92 Å². The third kappa shape index (κ3) is 4.43. The van der Waals surface area contributed by atoms with Crippen LogP contribution < -0.4 is 5.32 Å². The van der Waals surface area contributed by atoms with E-state index in [-0.39, 0.29) is 18.9 Å². The zero-order valence-electron chi connectivity index (χ0n) is 11.2. The van der Waals surface area contributed by atoms with Crippen LogP contribution in [0.25, 0.3) is 0 Å². The molecular weight excluding hydrogens is 243 g/mol. The molecule has 0 radical (unpaired) electrons. The van der Waals surface area contributed by atoms with Crippen molar-refractivity contribution in [3.63, 3.8) is 0 Å². The molecule has 108 valence electrons. The van der Waals surface area contributed by atoms with Gasteiger partial charge in [0.15, 0.2) is 0 Å². The first kappa shape index (κ1) is 15.8. The lowest BCUT2D eigenvalue weighted by Crippen LogP contribution is -2.46. The van der Waals surface area contributed by atoms with Gasteiger partial charge in [-0.2, -0.15) is 13.2 Å². The summed E-state index contributed by atoms with van der Waals surface area (Å²) in [7, 11) is 0. The molecule has 0 heterocycles. The van der Waals surface area contributed by atoms with Crippen molar-refractivity contribution in [2.24, 2.45) is 5.92 Å². The molecule has 0 saturated heterocycles. The number of aliphatic hydroxyl groups is 1. The van der Waals surface area contributed by atoms with E-state index in [0.29, 0.717) is 25.8 Å². The molecule has 2 N–H and O–H groups in total. The minimum Gasteiger partial charge on any atom is -0.389 e. The maximum Gasteiger partial charge on any atom is 0.391 e. The van der Waals surface area contributed by atoms with E-state index in [4.69, 9.17) is 0 Å². The maximum atomic E-state index is 12.6. The number of nitrogens with one attached hydrogen (secondary N) is 1. The number of hydrogen-bond donors (Lipinski definition) is 2. The number of alkyl halides is 3. The average molecular weight is 267 g/mol. The highest BCUT2D eigenvalue weighted by molar-refractivity contribution is 4.85. The van der Waals surface area contributed by atoms with Crippen LogP contribution in [-0.4, -0.2) is 29.5 Å². The summed E-state index contributed by atoms with van der Waals surface area (Å²) in [6, 6.07) is -0.116. The predicted octanol–water partition coefficient (Wildman–Crippen LogP) is 3.25. The molecule has 2 atom stereocenters. The van der Waals surface area contributed by atoms with Gasteiger partial charge in [0.2, 0.25) is 0 Å². The number of rotatable bonds is 5. The van der Waals surface area contributed by atoms with Gasteiger partial charge in [0.25, 0.3) is 0 Å². The van der Waals surface area contributed by atoms with E-state index in [0.717, 1.165) is 6.42 Å². The van der Waals surface area contributed by atoms with Crippen LogP contribution in [0.4, 0.5) is 13.2 Å². The van der Waals surface area contributed by atoms with E-state index in [2.05, 4.69) is 5.32 Å². The Morgan fingerprint density at radius 1 is 1.17 bits per heavy atom. The molecule has 0 spiro atoms. The molecule has 0 aromatic rings. The van der Waals surface area contributed by atoms with Gasteiger partial charge in [-0.3, -0.25) is 0 Å². The third-order valence-corrected chi connectivity index (χ3v) is 4.17. The molecule has 1 saturated carbocycles. The predicted molar refractivity (Wildman–Crippen MR) is 65.3 cm³/mol. The molecule has 0 aromatic heterocycles. The van der Waals surface area contributed by atoms with Crippen molar-refractivity contribution < 1.29 is 18.3 Å². The highest BCUT2D eigenvalue weighted by Crippen LogP contribution is 2.37. The van der Waals surface area contributed by atoms with Crippen LogP contribution >= 0.6 is 0 Å². The normalized spacial score (nSPS) is 26.3. The van der Waals surface area contributed by atoms with Crippen molar-refractivity contribution in [2.45, 2.75) is 70.2 Å². The standard InChI is InChI=1S/C13H24F3NO/c1-3-12(18,4-2)9-17-11-7-5-6-10(8-11)13(14,15)16/h10-11,17-18H,3-9H2,1-2H3. The van der Waals surface area contributed by atoms with Gasteiger partial charge in [-0.1, -0.05) is 20.3 Å². The molecule has 1 aliphatic carbocycles. The van der Waals surface area contributed by atoms with Crippen LogP contribution in [0.1, 0.15) is 52.4 Å². The Bertz CT molecular complexity index is 251. The number of halogens is 3. The van der Waals surface area contributed by atoms with E-state index in [1.54, 1.807) is 0 Å². The number of hydrogen-bond acceptors (Lipinski definition) is 2. The lowest BCUT2D eigenvalue weighted by atomic mass is 9.84. The molecule has 0 amide bonds. The quantitative estimate of drug-likeness (QED) is 0.801. The Hall–Kier alpha value is -0.290. The van der Waals surface area contributed by atoms with Crippen molar-refractivity contribution in [3.8, 4) is 0 Å². The molecule has 18 heavy (non-hydrogen) atoms. The lowest BCUT2D eigenvalue weighted by Gasteiger charge is -2.34. The zero-order chi connectivity index (χ0) is 13.8. The van der Waals surface area contributed by atoms with Gasteiger partial charge >= 0.3 is 6.18 Å². The van der Waals surface area contributed by atoms with Gasteiger partial charge in [0.05, 0.1) is 11.5 Å². The molecule has 1 rings (SSSR count). The monoisotopic (exact) mass is 267 g/mol. The summed E-state index contributed by atoms with van der Waals surface area (Å²) < 4.78 is 37.9. The van der Waals surface area contributed by atoms with Crippen molar-refractivity contribution >= 4 is 0 Å². The Morgan fingerprint density at radius 3 is 2.28 bits per heavy atom. The van der Waals surface area contributed by atoms with Gasteiger partial charge in [0.1, 0.15) is 0 Å². The first-order valence-corrected chi connectivity index (χ1v) is 6.83. The minimum atomic E-state index is -4.08. The fourth-order valence-corrected chi connectivity index (χ4v) is 2.51. The summed E-state index contributed by atoms with van der Waals surface area (Å²) in [5.41, 5.74) is -0.787. The molecular formula is C13H24F3NO. The van der Waals surface area contributed by atoms with Crippen molar-refractivity contribution in [2.75, 3.05) is 6.54 Å². The van der Waals surface area contributed by atoms with E-state index < -0.39 is 17.7 Å². The molecule has 0 bridgehead atoms. The van der Waals surface area contributed by atoms with E-state index in [1.165, 1.54) is 0 Å². The van der Waals surface area contributed by atoms with Crippen LogP contribution in [0.15, 0.2) is 0 Å². The fraction of sp³-hybridized carbons (Fsp3) is 1.00. The Labute approximate surface area is 107 Å². The molecule has 0 aromatic carbocycles. The largest absolute Gasteiger partial charge is 0.391 e. The van der Waals surface area contributed by atoms with E-state index in [1.807, 2.05) is 13.8 Å². The van der Waals surface area contributed by atoms with Gasteiger partial charge in [-0.25, -0.2) is 0 Å². The summed E-state index contributed by atoms with van der Waals surface area (Å²) in [5.74, 6) is -1.18. The Morgan fingerprint density at radius 2 is 1.78 bits per heavy atom. The second kappa shape index (κ2) is 6.24. The Kier molecular flexibility index (Phi) is 5.46. The van der Waals surface area contributed by atoms with Gasteiger partial charge in [0, 0.05) is 12.6 Å². The van der Waals surface area contributed by atoms with Crippen LogP contribution in [0.3, 0.4) is 0 Å². The van der Waals surface area contributed by atoms with Gasteiger partial charge < -0.3 is 10.4 Å². The first-order valence-electron chi connectivity index (χ1n) is 6.83. The smallest absolute Gasteiger partial charge is 0.389 e. The summed E-state index contributed by atoms with van der Waals surface area (Å²) in [4.78, 5) is 0. The van der Waals surface area contributed by atoms with E-state index in [9.17, 15) is 18.3 Å². The van der Waals surface area contributed by atoms with Gasteiger partial charge in [-0.15, -0.1) is 0 Å². The average Bonchev–Trinajstić information content (AvgIpc) is 2.35. The van der Waals surface area contributed by atoms with Crippen molar-refractivity contribution in [1.82, 2.24) is 5.32 Å². The summed E-state index contributed by atoms with van der Waals surface area (Å²) in [6.45, 7) is 4.17. The zero-order valence-corrected chi connectivity index (χ0v) is 11.2. The summed E-state index contributed by atoms with van der Waals surface area (Å²) in [6.07, 6.45) is -1.07. The Balaban J connectivity index is 2.44. The molecule has 1 aliphatic rings. The maximum absolute atomic E-state index is 12.6. The van der Waals surface area contributed by atoms with Crippen LogP contribution in [0.5, 0.6) is 0 Å². The van der Waals surface area contributed by atoms with Crippen molar-refractivity contribution in [1.29, 1.82) is 0 Å². The topological polar surface area (TPSA) is 32.3 Å². The van der Waals surface area contributed by atoms with Gasteiger partial charge in [-0.05, 0) is 32.1 Å². The highest BCUT2D eigenvalue weighted by atomic mass is 19.4. The fourth-order valence-electron chi connectivity index (χ4n) is 2.51. The second-order valence-corrected chi connectivity index (χ2v) is 5.41.